The molecule has 2 aromatic carbocycles. The number of thiazole rings is 1. The smallest absolute Gasteiger partial charge is 0.337 e. The van der Waals surface area contributed by atoms with E-state index < -0.39 is 0 Å². The van der Waals surface area contributed by atoms with E-state index in [-0.39, 0.29) is 11.9 Å². The molecule has 0 unspecified atom stereocenters. The van der Waals surface area contributed by atoms with E-state index in [1.165, 1.54) is 18.4 Å². The summed E-state index contributed by atoms with van der Waals surface area (Å²) in [6.45, 7) is 2.05. The summed E-state index contributed by atoms with van der Waals surface area (Å²) in [6, 6.07) is 14.5. The molecule has 1 heterocycles. The lowest BCUT2D eigenvalue weighted by Gasteiger charge is -2.07. The average Bonchev–Trinajstić information content (AvgIpc) is 3.16. The van der Waals surface area contributed by atoms with Crippen LogP contribution in [0.5, 0.6) is 0 Å². The highest BCUT2D eigenvalue weighted by atomic mass is 32.2. The molecule has 138 valence electrons. The van der Waals surface area contributed by atoms with Crippen molar-refractivity contribution in [2.24, 2.45) is 0 Å². The lowest BCUT2D eigenvalue weighted by atomic mass is 10.1. The predicted octanol–water partition coefficient (Wildman–Crippen LogP) is 4.96. The molecule has 1 amide bonds. The summed E-state index contributed by atoms with van der Waals surface area (Å²) in [5.41, 5.74) is 2.72. The van der Waals surface area contributed by atoms with Crippen molar-refractivity contribution in [3.63, 3.8) is 0 Å². The van der Waals surface area contributed by atoms with Gasteiger partial charge in [0.05, 0.1) is 23.9 Å². The molecule has 1 aromatic heterocycles. The van der Waals surface area contributed by atoms with Gasteiger partial charge in [-0.05, 0) is 30.0 Å². The molecule has 0 aliphatic heterocycles. The van der Waals surface area contributed by atoms with Crippen LogP contribution in [0.4, 0.5) is 5.13 Å². The van der Waals surface area contributed by atoms with Crippen LogP contribution in [0, 0.1) is 0 Å². The van der Waals surface area contributed by atoms with E-state index in [1.807, 2.05) is 29.6 Å². The van der Waals surface area contributed by atoms with Crippen molar-refractivity contribution >= 4 is 40.1 Å². The Morgan fingerprint density at radius 2 is 1.89 bits per heavy atom. The summed E-state index contributed by atoms with van der Waals surface area (Å²) in [7, 11) is 1.35. The van der Waals surface area contributed by atoms with Crippen molar-refractivity contribution in [2.75, 3.05) is 18.2 Å². The number of anilines is 1. The molecule has 7 heteroatoms. The number of esters is 1. The van der Waals surface area contributed by atoms with Crippen molar-refractivity contribution < 1.29 is 14.3 Å². The Kier molecular flexibility index (Phi) is 6.26. The molecule has 3 rings (SSSR count). The Balaban J connectivity index is 1.74. The molecule has 0 radical (unpaired) electrons. The number of nitrogens with zero attached hydrogens (tertiary/aromatic N) is 1. The molecule has 0 fully saturated rings. The lowest BCUT2D eigenvalue weighted by Crippen LogP contribution is -2.12. The number of carbonyl (C=O) groups is 2. The van der Waals surface area contributed by atoms with Gasteiger partial charge in [0.25, 0.3) is 5.91 Å². The second-order valence-corrected chi connectivity index (χ2v) is 7.65. The number of rotatable bonds is 6. The molecular formula is C20H18N2O3S2. The number of nitrogens with one attached hydrogen (secondary N) is 1. The predicted molar refractivity (Wildman–Crippen MR) is 110 cm³/mol. The number of methoxy groups -OCH3 is 1. The van der Waals surface area contributed by atoms with Gasteiger partial charge in [-0.25, -0.2) is 9.78 Å². The number of aromatic nitrogens is 1. The van der Waals surface area contributed by atoms with Crippen molar-refractivity contribution in [3.8, 4) is 11.3 Å². The number of carbonyl (C=O) groups excluding carboxylic acids is 2. The fourth-order valence-corrected chi connectivity index (χ4v) is 3.98. The maximum atomic E-state index is 12.6. The number of hydrogen-bond donors (Lipinski definition) is 1. The molecule has 3 aromatic rings. The van der Waals surface area contributed by atoms with E-state index in [0.717, 1.165) is 21.9 Å². The summed E-state index contributed by atoms with van der Waals surface area (Å²) in [5.74, 6) is 0.345. The van der Waals surface area contributed by atoms with Gasteiger partial charge in [0.1, 0.15) is 0 Å². The molecular weight excluding hydrogens is 380 g/mol. The fraction of sp³-hybridized carbons (Fsp3) is 0.150. The topological polar surface area (TPSA) is 68.3 Å². The van der Waals surface area contributed by atoms with Crippen molar-refractivity contribution in [2.45, 2.75) is 11.8 Å². The first-order valence-electron chi connectivity index (χ1n) is 8.29. The van der Waals surface area contributed by atoms with Gasteiger partial charge in [0.15, 0.2) is 5.13 Å². The summed E-state index contributed by atoms with van der Waals surface area (Å²) >= 11 is 2.99. The van der Waals surface area contributed by atoms with Crippen LogP contribution in [0.15, 0.2) is 58.8 Å². The van der Waals surface area contributed by atoms with E-state index in [2.05, 4.69) is 17.2 Å². The zero-order valence-electron chi connectivity index (χ0n) is 14.9. The van der Waals surface area contributed by atoms with Gasteiger partial charge in [0, 0.05) is 15.8 Å². The summed E-state index contributed by atoms with van der Waals surface area (Å²) in [5, 5.41) is 5.27. The molecule has 0 saturated carbocycles. The van der Waals surface area contributed by atoms with Crippen LogP contribution >= 0.6 is 23.1 Å². The normalized spacial score (nSPS) is 10.4. The molecule has 0 bridgehead atoms. The minimum Gasteiger partial charge on any atom is -0.465 e. The number of hydrogen-bond acceptors (Lipinski definition) is 6. The summed E-state index contributed by atoms with van der Waals surface area (Å²) in [4.78, 5) is 29.5. The second-order valence-electron chi connectivity index (χ2n) is 5.49. The number of benzene rings is 2. The van der Waals surface area contributed by atoms with Gasteiger partial charge in [-0.1, -0.05) is 31.2 Å². The minimum absolute atomic E-state index is 0.173. The third-order valence-electron chi connectivity index (χ3n) is 3.76. The maximum absolute atomic E-state index is 12.6. The van der Waals surface area contributed by atoms with E-state index in [4.69, 9.17) is 4.74 Å². The molecule has 0 aliphatic carbocycles. The third kappa shape index (κ3) is 4.56. The van der Waals surface area contributed by atoms with Gasteiger partial charge in [-0.2, -0.15) is 0 Å². The molecule has 27 heavy (non-hydrogen) atoms. The Hall–Kier alpha value is -2.64. The zero-order valence-corrected chi connectivity index (χ0v) is 16.5. The summed E-state index contributed by atoms with van der Waals surface area (Å²) < 4.78 is 4.70. The van der Waals surface area contributed by atoms with Crippen molar-refractivity contribution in [3.05, 3.63) is 65.0 Å². The van der Waals surface area contributed by atoms with Gasteiger partial charge in [0.2, 0.25) is 0 Å². The van der Waals surface area contributed by atoms with E-state index in [1.54, 1.807) is 36.0 Å². The highest BCUT2D eigenvalue weighted by Gasteiger charge is 2.14. The van der Waals surface area contributed by atoms with Crippen LogP contribution in [0.3, 0.4) is 0 Å². The third-order valence-corrected chi connectivity index (χ3v) is 5.47. The van der Waals surface area contributed by atoms with Crippen LogP contribution < -0.4 is 5.32 Å². The maximum Gasteiger partial charge on any atom is 0.337 e. The first-order valence-corrected chi connectivity index (χ1v) is 10.2. The quantitative estimate of drug-likeness (QED) is 0.469. The summed E-state index contributed by atoms with van der Waals surface area (Å²) in [6.07, 6.45) is 0. The first-order chi connectivity index (χ1) is 13.1. The van der Waals surface area contributed by atoms with Crippen LogP contribution in [0.2, 0.25) is 0 Å². The number of thioether (sulfide) groups is 1. The SMILES string of the molecule is CCSc1ccccc1C(=O)Nc1nc(-c2ccc(C(=O)OC)cc2)cs1. The van der Waals surface area contributed by atoms with Crippen LogP contribution in [-0.4, -0.2) is 29.7 Å². The molecule has 0 atom stereocenters. The highest BCUT2D eigenvalue weighted by Crippen LogP contribution is 2.27. The van der Waals surface area contributed by atoms with E-state index >= 15 is 0 Å². The van der Waals surface area contributed by atoms with Crippen LogP contribution in [-0.2, 0) is 4.74 Å². The zero-order chi connectivity index (χ0) is 19.2. The largest absolute Gasteiger partial charge is 0.465 e. The van der Waals surface area contributed by atoms with Crippen LogP contribution in [0.25, 0.3) is 11.3 Å². The van der Waals surface area contributed by atoms with E-state index in [0.29, 0.717) is 16.3 Å². The Labute approximate surface area is 165 Å². The molecule has 5 nitrogen and oxygen atoms in total. The van der Waals surface area contributed by atoms with Crippen LogP contribution in [0.1, 0.15) is 27.6 Å². The molecule has 1 N–H and O–H groups in total. The molecule has 0 aliphatic rings. The highest BCUT2D eigenvalue weighted by molar-refractivity contribution is 7.99. The Morgan fingerprint density at radius 3 is 2.59 bits per heavy atom. The number of ether oxygens (including phenoxy) is 1. The van der Waals surface area contributed by atoms with Crippen molar-refractivity contribution in [1.82, 2.24) is 4.98 Å². The average molecular weight is 399 g/mol. The van der Waals surface area contributed by atoms with Crippen molar-refractivity contribution in [1.29, 1.82) is 0 Å². The first kappa shape index (κ1) is 19.1. The number of amides is 1. The lowest BCUT2D eigenvalue weighted by molar-refractivity contribution is 0.0600. The second kappa shape index (κ2) is 8.83. The van der Waals surface area contributed by atoms with E-state index in [9.17, 15) is 9.59 Å². The minimum atomic E-state index is -0.378. The Bertz CT molecular complexity index is 952. The monoisotopic (exact) mass is 398 g/mol. The van der Waals surface area contributed by atoms with Gasteiger partial charge < -0.3 is 4.74 Å². The fourth-order valence-electron chi connectivity index (χ4n) is 2.46. The molecule has 0 spiro atoms. The molecule has 0 saturated heterocycles. The standard InChI is InChI=1S/C20H18N2O3S2/c1-3-26-17-7-5-4-6-15(17)18(23)22-20-21-16(12-27-20)13-8-10-14(11-9-13)19(24)25-2/h4-12H,3H2,1-2H3,(H,21,22,23). The van der Waals surface area contributed by atoms with Gasteiger partial charge in [-0.15, -0.1) is 23.1 Å². The van der Waals surface area contributed by atoms with Gasteiger partial charge in [-0.3, -0.25) is 10.1 Å². The Morgan fingerprint density at radius 1 is 1.15 bits per heavy atom. The van der Waals surface area contributed by atoms with Gasteiger partial charge >= 0.3 is 5.97 Å².